The van der Waals surface area contributed by atoms with Crippen molar-refractivity contribution in [1.29, 1.82) is 0 Å². The van der Waals surface area contributed by atoms with E-state index in [1.165, 1.54) is 36.4 Å². The van der Waals surface area contributed by atoms with Crippen molar-refractivity contribution in [2.45, 2.75) is 71.4 Å². The van der Waals surface area contributed by atoms with Gasteiger partial charge in [-0.05, 0) is 25.7 Å². The van der Waals surface area contributed by atoms with Gasteiger partial charge in [0.15, 0.2) is 0 Å². The molecule has 1 fully saturated rings. The first-order valence-corrected chi connectivity index (χ1v) is 8.03. The van der Waals surface area contributed by atoms with Crippen LogP contribution in [-0.4, -0.2) is 11.0 Å². The summed E-state index contributed by atoms with van der Waals surface area (Å²) < 4.78 is 0. The molecule has 1 saturated carbocycles. The summed E-state index contributed by atoms with van der Waals surface area (Å²) in [6.45, 7) is 9.92. The number of thiazole rings is 1. The van der Waals surface area contributed by atoms with E-state index in [1.807, 2.05) is 0 Å². The third-order valence-corrected chi connectivity index (χ3v) is 4.85. The summed E-state index contributed by atoms with van der Waals surface area (Å²) in [5, 5.41) is 7.09. The molecule has 0 unspecified atom stereocenters. The van der Waals surface area contributed by atoms with Crippen LogP contribution in [0.1, 0.15) is 64.1 Å². The molecule has 0 saturated heterocycles. The Balaban J connectivity index is 1.84. The van der Waals surface area contributed by atoms with Crippen LogP contribution in [0, 0.1) is 5.92 Å². The smallest absolute Gasteiger partial charge is 0.107 e. The van der Waals surface area contributed by atoms with Crippen molar-refractivity contribution < 1.29 is 0 Å². The highest BCUT2D eigenvalue weighted by molar-refractivity contribution is 7.09. The van der Waals surface area contributed by atoms with Crippen LogP contribution in [-0.2, 0) is 12.0 Å². The van der Waals surface area contributed by atoms with Crippen molar-refractivity contribution in [2.24, 2.45) is 5.92 Å². The summed E-state index contributed by atoms with van der Waals surface area (Å²) in [7, 11) is 0. The molecule has 1 atom stereocenters. The lowest BCUT2D eigenvalue weighted by Crippen LogP contribution is -2.31. The molecule has 0 aromatic carbocycles. The van der Waals surface area contributed by atoms with Gasteiger partial charge in [0.25, 0.3) is 0 Å². The zero-order valence-electron chi connectivity index (χ0n) is 12.1. The zero-order chi connectivity index (χ0) is 13.2. The molecule has 2 nitrogen and oxygen atoms in total. The first-order valence-electron chi connectivity index (χ1n) is 7.15. The second-order valence-electron chi connectivity index (χ2n) is 6.59. The summed E-state index contributed by atoms with van der Waals surface area (Å²) in [5.41, 5.74) is 1.39. The lowest BCUT2D eigenvalue weighted by atomic mass is 9.93. The average Bonchev–Trinajstić information content (AvgIpc) is 2.96. The molecule has 3 heteroatoms. The largest absolute Gasteiger partial charge is 0.308 e. The van der Waals surface area contributed by atoms with E-state index in [9.17, 15) is 0 Å². The minimum absolute atomic E-state index is 0.172. The van der Waals surface area contributed by atoms with Gasteiger partial charge in [-0.3, -0.25) is 0 Å². The Morgan fingerprint density at radius 3 is 2.61 bits per heavy atom. The van der Waals surface area contributed by atoms with Crippen LogP contribution in [0.25, 0.3) is 0 Å². The average molecular weight is 266 g/mol. The molecule has 102 valence electrons. The van der Waals surface area contributed by atoms with Crippen LogP contribution in [0.5, 0.6) is 0 Å². The predicted molar refractivity (Wildman–Crippen MR) is 79.1 cm³/mol. The molecule has 2 rings (SSSR count). The van der Waals surface area contributed by atoms with Gasteiger partial charge in [-0.1, -0.05) is 33.6 Å². The zero-order valence-corrected chi connectivity index (χ0v) is 12.9. The molecule has 0 amide bonds. The van der Waals surface area contributed by atoms with Gasteiger partial charge in [0.1, 0.15) is 5.01 Å². The first-order chi connectivity index (χ1) is 8.47. The van der Waals surface area contributed by atoms with Gasteiger partial charge in [-0.25, -0.2) is 4.98 Å². The number of hydrogen-bond donors (Lipinski definition) is 1. The van der Waals surface area contributed by atoms with Gasteiger partial charge in [-0.2, -0.15) is 0 Å². The Hall–Kier alpha value is -0.410. The number of rotatable bonds is 4. The van der Waals surface area contributed by atoms with Gasteiger partial charge >= 0.3 is 0 Å². The highest BCUT2D eigenvalue weighted by atomic mass is 32.1. The van der Waals surface area contributed by atoms with Gasteiger partial charge in [-0.15, -0.1) is 11.3 Å². The summed E-state index contributed by atoms with van der Waals surface area (Å²) in [4.78, 5) is 4.74. The van der Waals surface area contributed by atoms with Gasteiger partial charge in [0, 0.05) is 23.4 Å². The summed E-state index contributed by atoms with van der Waals surface area (Å²) >= 11 is 1.79. The Kier molecular flexibility index (Phi) is 4.44. The molecule has 1 aliphatic rings. The normalized spacial score (nSPS) is 19.3. The van der Waals surface area contributed by atoms with Gasteiger partial charge in [0.2, 0.25) is 0 Å². The van der Waals surface area contributed by atoms with E-state index in [4.69, 9.17) is 4.98 Å². The number of hydrogen-bond acceptors (Lipinski definition) is 3. The fraction of sp³-hybridized carbons (Fsp3) is 0.800. The molecule has 1 N–H and O–H groups in total. The molecule has 1 aromatic rings. The summed E-state index contributed by atoms with van der Waals surface area (Å²) in [6.07, 6.45) is 5.64. The topological polar surface area (TPSA) is 24.9 Å². The van der Waals surface area contributed by atoms with Crippen LogP contribution in [0.3, 0.4) is 0 Å². The highest BCUT2D eigenvalue weighted by Crippen LogP contribution is 2.28. The van der Waals surface area contributed by atoms with Crippen molar-refractivity contribution in [2.75, 3.05) is 0 Å². The Bertz CT molecular complexity index is 372. The standard InChI is InChI=1S/C15H26N2S/c1-11(12-7-5-6-8-12)16-9-14-17-13(10-18-14)15(2,3)4/h10-12,16H,5-9H2,1-4H3/t11-/m1/s1. The van der Waals surface area contributed by atoms with Crippen molar-refractivity contribution in [3.8, 4) is 0 Å². The van der Waals surface area contributed by atoms with E-state index in [1.54, 1.807) is 11.3 Å². The SMILES string of the molecule is C[C@@H](NCc1nc(C(C)(C)C)cs1)C1CCCC1. The maximum atomic E-state index is 4.74. The van der Waals surface area contributed by atoms with Crippen LogP contribution in [0.15, 0.2) is 5.38 Å². The number of aromatic nitrogens is 1. The minimum atomic E-state index is 0.172. The minimum Gasteiger partial charge on any atom is -0.308 e. The van der Waals surface area contributed by atoms with Crippen LogP contribution in [0.2, 0.25) is 0 Å². The van der Waals surface area contributed by atoms with Gasteiger partial charge < -0.3 is 5.32 Å². The Morgan fingerprint density at radius 1 is 1.39 bits per heavy atom. The van der Waals surface area contributed by atoms with Gasteiger partial charge in [0.05, 0.1) is 5.69 Å². The summed E-state index contributed by atoms with van der Waals surface area (Å²) in [5.74, 6) is 0.882. The molecule has 0 bridgehead atoms. The highest BCUT2D eigenvalue weighted by Gasteiger charge is 2.22. The maximum absolute atomic E-state index is 4.74. The monoisotopic (exact) mass is 266 g/mol. The second-order valence-corrected chi connectivity index (χ2v) is 7.53. The lowest BCUT2D eigenvalue weighted by Gasteiger charge is -2.19. The van der Waals surface area contributed by atoms with Crippen molar-refractivity contribution in [1.82, 2.24) is 10.3 Å². The quantitative estimate of drug-likeness (QED) is 0.887. The molecule has 1 aliphatic carbocycles. The van der Waals surface area contributed by atoms with Crippen LogP contribution >= 0.6 is 11.3 Å². The van der Waals surface area contributed by atoms with Crippen molar-refractivity contribution in [3.05, 3.63) is 16.1 Å². The second kappa shape index (κ2) is 5.70. The maximum Gasteiger partial charge on any atom is 0.107 e. The number of nitrogens with one attached hydrogen (secondary N) is 1. The van der Waals surface area contributed by atoms with Crippen LogP contribution in [0.4, 0.5) is 0 Å². The molecular formula is C15H26N2S. The van der Waals surface area contributed by atoms with Crippen LogP contribution < -0.4 is 5.32 Å². The summed E-state index contributed by atoms with van der Waals surface area (Å²) in [6, 6.07) is 0.634. The Labute approximate surface area is 115 Å². The molecule has 0 spiro atoms. The predicted octanol–water partition coefficient (Wildman–Crippen LogP) is 4.11. The molecule has 1 aromatic heterocycles. The van der Waals surface area contributed by atoms with Crippen molar-refractivity contribution >= 4 is 11.3 Å². The van der Waals surface area contributed by atoms with E-state index in [2.05, 4.69) is 38.4 Å². The Morgan fingerprint density at radius 2 is 2.06 bits per heavy atom. The van der Waals surface area contributed by atoms with E-state index in [0.717, 1.165) is 12.5 Å². The fourth-order valence-corrected chi connectivity index (χ4v) is 3.58. The molecular weight excluding hydrogens is 240 g/mol. The van der Waals surface area contributed by atoms with E-state index in [0.29, 0.717) is 6.04 Å². The van der Waals surface area contributed by atoms with E-state index < -0.39 is 0 Å². The lowest BCUT2D eigenvalue weighted by molar-refractivity contribution is 0.380. The molecule has 18 heavy (non-hydrogen) atoms. The molecule has 0 aliphatic heterocycles. The molecule has 1 heterocycles. The third kappa shape index (κ3) is 3.55. The van der Waals surface area contributed by atoms with Crippen molar-refractivity contribution in [3.63, 3.8) is 0 Å². The number of nitrogens with zero attached hydrogens (tertiary/aromatic N) is 1. The third-order valence-electron chi connectivity index (χ3n) is 4.00. The van der Waals surface area contributed by atoms with E-state index >= 15 is 0 Å². The molecule has 0 radical (unpaired) electrons. The first kappa shape index (κ1) is 14.0. The fourth-order valence-electron chi connectivity index (χ4n) is 2.61. The van der Waals surface area contributed by atoms with E-state index in [-0.39, 0.29) is 5.41 Å².